The van der Waals surface area contributed by atoms with Gasteiger partial charge in [-0.1, -0.05) is 48.0 Å². The lowest BCUT2D eigenvalue weighted by Crippen LogP contribution is -2.29. The van der Waals surface area contributed by atoms with Gasteiger partial charge in [-0.05, 0) is 79.7 Å². The molecule has 2 atom stereocenters. The topological polar surface area (TPSA) is 33.1 Å². The smallest absolute Gasteiger partial charge is 0.174 e. The maximum Gasteiger partial charge on any atom is 0.174 e. The molecule has 4 aromatic rings. The van der Waals surface area contributed by atoms with Gasteiger partial charge in [-0.3, -0.25) is 4.98 Å². The highest BCUT2D eigenvalue weighted by Crippen LogP contribution is 2.43. The molecule has 6 heteroatoms. The Morgan fingerprint density at radius 2 is 1.70 bits per heavy atom. The number of pyridine rings is 1. The fraction of sp³-hybridized carbons (Fsp3) is 0.185. The molecule has 0 aliphatic carbocycles. The summed E-state index contributed by atoms with van der Waals surface area (Å²) in [4.78, 5) is 6.86. The van der Waals surface area contributed by atoms with Crippen molar-refractivity contribution in [2.24, 2.45) is 0 Å². The lowest BCUT2D eigenvalue weighted by Gasteiger charge is -2.28. The standard InChI is InChI=1S/C27H25ClN4S/c1-18-16-23(19(2)31(18)17-20-8-4-3-5-9-20)26-25(24-10-6-7-15-29-24)30-27(33)32(26)22-13-11-21(28)12-14-22/h3-16,25-26H,17H2,1-2H3,(H,30,33)/t25-,26+/m1/s1. The first-order valence-corrected chi connectivity index (χ1v) is 11.8. The fourth-order valence-electron chi connectivity index (χ4n) is 4.69. The number of nitrogens with zero attached hydrogens (tertiary/aromatic N) is 3. The number of aryl methyl sites for hydroxylation is 1. The first-order valence-electron chi connectivity index (χ1n) is 11.0. The number of halogens is 1. The molecule has 4 nitrogen and oxygen atoms in total. The SMILES string of the molecule is Cc1cc([C@H]2[C@@H](c3ccccn3)NC(=S)N2c2ccc(Cl)cc2)c(C)n1Cc1ccccc1. The summed E-state index contributed by atoms with van der Waals surface area (Å²) in [7, 11) is 0. The zero-order valence-corrected chi connectivity index (χ0v) is 20.1. The predicted molar refractivity (Wildman–Crippen MR) is 139 cm³/mol. The maximum absolute atomic E-state index is 6.18. The van der Waals surface area contributed by atoms with Crippen LogP contribution in [0.5, 0.6) is 0 Å². The van der Waals surface area contributed by atoms with Crippen LogP contribution < -0.4 is 10.2 Å². The number of hydrogen-bond donors (Lipinski definition) is 1. The van der Waals surface area contributed by atoms with Crippen LogP contribution in [0.1, 0.15) is 40.3 Å². The van der Waals surface area contributed by atoms with Crippen molar-refractivity contribution >= 4 is 34.6 Å². The van der Waals surface area contributed by atoms with Crippen LogP contribution in [0, 0.1) is 13.8 Å². The average molecular weight is 473 g/mol. The summed E-state index contributed by atoms with van der Waals surface area (Å²) in [5.74, 6) is 0. The number of nitrogens with one attached hydrogen (secondary N) is 1. The summed E-state index contributed by atoms with van der Waals surface area (Å²) >= 11 is 12.0. The second-order valence-electron chi connectivity index (χ2n) is 8.37. The molecule has 1 aliphatic rings. The highest BCUT2D eigenvalue weighted by Gasteiger charge is 2.42. The van der Waals surface area contributed by atoms with Crippen molar-refractivity contribution < 1.29 is 0 Å². The molecule has 1 saturated heterocycles. The minimum atomic E-state index is -0.0694. The van der Waals surface area contributed by atoms with Gasteiger partial charge in [-0.25, -0.2) is 0 Å². The second kappa shape index (κ2) is 9.00. The van der Waals surface area contributed by atoms with E-state index in [1.165, 1.54) is 22.5 Å². The normalized spacial score (nSPS) is 17.9. The Morgan fingerprint density at radius 3 is 2.39 bits per heavy atom. The van der Waals surface area contributed by atoms with Gasteiger partial charge in [0.2, 0.25) is 0 Å². The van der Waals surface area contributed by atoms with Crippen molar-refractivity contribution in [1.82, 2.24) is 14.9 Å². The number of thiocarbonyl (C=S) groups is 1. The summed E-state index contributed by atoms with van der Waals surface area (Å²) < 4.78 is 2.38. The monoisotopic (exact) mass is 472 g/mol. The lowest BCUT2D eigenvalue weighted by atomic mass is 9.96. The van der Waals surface area contributed by atoms with E-state index in [0.29, 0.717) is 10.1 Å². The molecule has 0 spiro atoms. The van der Waals surface area contributed by atoms with E-state index in [1.54, 1.807) is 0 Å². The molecule has 1 N–H and O–H groups in total. The molecular formula is C27H25ClN4S. The predicted octanol–water partition coefficient (Wildman–Crippen LogP) is 6.38. The lowest BCUT2D eigenvalue weighted by molar-refractivity contribution is 0.563. The number of benzene rings is 2. The van der Waals surface area contributed by atoms with E-state index in [-0.39, 0.29) is 12.1 Å². The number of rotatable bonds is 5. The molecule has 0 radical (unpaired) electrons. The van der Waals surface area contributed by atoms with Gasteiger partial charge >= 0.3 is 0 Å². The zero-order chi connectivity index (χ0) is 22.9. The minimum Gasteiger partial charge on any atom is -0.351 e. The zero-order valence-electron chi connectivity index (χ0n) is 18.6. The Balaban J connectivity index is 1.62. The third kappa shape index (κ3) is 4.14. The number of hydrogen-bond acceptors (Lipinski definition) is 2. The quantitative estimate of drug-likeness (QED) is 0.342. The van der Waals surface area contributed by atoms with Gasteiger partial charge in [0.15, 0.2) is 5.11 Å². The van der Waals surface area contributed by atoms with Gasteiger partial charge in [0.05, 0.1) is 17.8 Å². The van der Waals surface area contributed by atoms with E-state index < -0.39 is 0 Å². The van der Waals surface area contributed by atoms with Gasteiger partial charge in [0.25, 0.3) is 0 Å². The number of aromatic nitrogens is 2. The molecule has 2 aromatic carbocycles. The molecule has 0 saturated carbocycles. The molecule has 5 rings (SSSR count). The summed E-state index contributed by atoms with van der Waals surface area (Å²) in [6.07, 6.45) is 1.83. The van der Waals surface area contributed by atoms with Gasteiger partial charge in [-0.15, -0.1) is 0 Å². The third-order valence-corrected chi connectivity index (χ3v) is 6.88. The van der Waals surface area contributed by atoms with Crippen LogP contribution in [0.3, 0.4) is 0 Å². The van der Waals surface area contributed by atoms with Crippen LogP contribution in [0.15, 0.2) is 85.1 Å². The third-order valence-electron chi connectivity index (χ3n) is 6.32. The van der Waals surface area contributed by atoms with Crippen LogP contribution in [-0.4, -0.2) is 14.7 Å². The average Bonchev–Trinajstić information content (AvgIpc) is 3.32. The van der Waals surface area contributed by atoms with E-state index in [1.807, 2.05) is 42.6 Å². The first kappa shape index (κ1) is 21.7. The molecule has 1 fully saturated rings. The van der Waals surface area contributed by atoms with Crippen molar-refractivity contribution in [1.29, 1.82) is 0 Å². The Bertz CT molecular complexity index is 1270. The summed E-state index contributed by atoms with van der Waals surface area (Å²) in [6, 6.07) is 26.6. The molecule has 33 heavy (non-hydrogen) atoms. The van der Waals surface area contributed by atoms with E-state index in [9.17, 15) is 0 Å². The Labute approximate surface area is 204 Å². The Morgan fingerprint density at radius 1 is 0.970 bits per heavy atom. The van der Waals surface area contributed by atoms with E-state index in [2.05, 4.69) is 76.1 Å². The van der Waals surface area contributed by atoms with Crippen LogP contribution >= 0.6 is 23.8 Å². The van der Waals surface area contributed by atoms with E-state index >= 15 is 0 Å². The van der Waals surface area contributed by atoms with Crippen LogP contribution in [0.2, 0.25) is 5.02 Å². The minimum absolute atomic E-state index is 0.0377. The number of anilines is 1. The first-order chi connectivity index (χ1) is 16.0. The highest BCUT2D eigenvalue weighted by atomic mass is 35.5. The van der Waals surface area contributed by atoms with E-state index in [4.69, 9.17) is 23.8 Å². The molecule has 2 aromatic heterocycles. The molecule has 3 heterocycles. The highest BCUT2D eigenvalue weighted by molar-refractivity contribution is 7.80. The van der Waals surface area contributed by atoms with Crippen LogP contribution in [-0.2, 0) is 6.54 Å². The largest absolute Gasteiger partial charge is 0.351 e. The van der Waals surface area contributed by atoms with Crippen molar-refractivity contribution in [3.63, 3.8) is 0 Å². The second-order valence-corrected chi connectivity index (χ2v) is 9.19. The fourth-order valence-corrected chi connectivity index (χ4v) is 5.16. The van der Waals surface area contributed by atoms with Gasteiger partial charge in [0, 0.05) is 34.8 Å². The van der Waals surface area contributed by atoms with Crippen molar-refractivity contribution in [3.05, 3.63) is 118 Å². The van der Waals surface area contributed by atoms with Gasteiger partial charge in [0.1, 0.15) is 0 Å². The summed E-state index contributed by atoms with van der Waals surface area (Å²) in [5, 5.41) is 4.93. The summed E-state index contributed by atoms with van der Waals surface area (Å²) in [6.45, 7) is 5.20. The molecule has 0 unspecified atom stereocenters. The molecule has 0 bridgehead atoms. The Kier molecular flexibility index (Phi) is 5.92. The van der Waals surface area contributed by atoms with Gasteiger partial charge < -0.3 is 14.8 Å². The maximum atomic E-state index is 6.18. The molecule has 166 valence electrons. The summed E-state index contributed by atoms with van der Waals surface area (Å²) in [5.41, 5.74) is 6.94. The van der Waals surface area contributed by atoms with E-state index in [0.717, 1.165) is 17.9 Å². The van der Waals surface area contributed by atoms with Crippen molar-refractivity contribution in [2.75, 3.05) is 4.90 Å². The van der Waals surface area contributed by atoms with Crippen molar-refractivity contribution in [3.8, 4) is 0 Å². The molecule has 1 aliphatic heterocycles. The molecule has 0 amide bonds. The van der Waals surface area contributed by atoms with Crippen molar-refractivity contribution in [2.45, 2.75) is 32.5 Å². The van der Waals surface area contributed by atoms with Crippen LogP contribution in [0.4, 0.5) is 5.69 Å². The van der Waals surface area contributed by atoms with Gasteiger partial charge in [-0.2, -0.15) is 0 Å². The molecular weight excluding hydrogens is 448 g/mol. The Hall–Kier alpha value is -3.15. The van der Waals surface area contributed by atoms with Crippen LogP contribution in [0.25, 0.3) is 0 Å².